The smallest absolute Gasteiger partial charge is 0.255 e. The summed E-state index contributed by atoms with van der Waals surface area (Å²) >= 11 is 6.40. The van der Waals surface area contributed by atoms with Gasteiger partial charge in [-0.25, -0.2) is 0 Å². The number of para-hydroxylation sites is 2. The molecule has 150 valence electrons. The lowest BCUT2D eigenvalue weighted by molar-refractivity contribution is 0.102. The van der Waals surface area contributed by atoms with Gasteiger partial charge in [-0.05, 0) is 36.8 Å². The zero-order chi connectivity index (χ0) is 20.8. The van der Waals surface area contributed by atoms with Crippen LogP contribution in [0.3, 0.4) is 0 Å². The third-order valence-corrected chi connectivity index (χ3v) is 4.63. The van der Waals surface area contributed by atoms with E-state index in [4.69, 9.17) is 25.8 Å². The molecule has 3 rings (SSSR count). The second-order valence-electron chi connectivity index (χ2n) is 6.42. The Morgan fingerprint density at radius 1 is 0.966 bits per heavy atom. The summed E-state index contributed by atoms with van der Waals surface area (Å²) in [5, 5.41) is 3.11. The number of methoxy groups -OCH3 is 2. The lowest BCUT2D eigenvalue weighted by atomic mass is 10.1. The normalized spacial score (nSPS) is 10.3. The lowest BCUT2D eigenvalue weighted by Gasteiger charge is -2.15. The predicted molar refractivity (Wildman–Crippen MR) is 114 cm³/mol. The average molecular weight is 412 g/mol. The number of ether oxygens (including phenoxy) is 3. The molecule has 0 aliphatic heterocycles. The molecule has 0 radical (unpaired) electrons. The molecule has 6 heteroatoms. The van der Waals surface area contributed by atoms with Crippen LogP contribution in [-0.2, 0) is 6.61 Å². The molecule has 0 fully saturated rings. The number of aryl methyl sites for hydroxylation is 1. The van der Waals surface area contributed by atoms with Gasteiger partial charge in [-0.3, -0.25) is 4.79 Å². The Bertz CT molecular complexity index is 1000. The minimum Gasteiger partial charge on any atom is -0.495 e. The topological polar surface area (TPSA) is 56.8 Å². The van der Waals surface area contributed by atoms with Gasteiger partial charge in [-0.1, -0.05) is 53.6 Å². The maximum atomic E-state index is 12.7. The summed E-state index contributed by atoms with van der Waals surface area (Å²) in [6.45, 7) is 2.36. The Morgan fingerprint density at radius 3 is 2.34 bits per heavy atom. The van der Waals surface area contributed by atoms with Crippen LogP contribution in [0.15, 0.2) is 60.7 Å². The second kappa shape index (κ2) is 9.34. The molecule has 1 amide bonds. The number of carbonyl (C=O) groups is 1. The molecule has 0 aliphatic carbocycles. The van der Waals surface area contributed by atoms with E-state index in [2.05, 4.69) is 5.32 Å². The highest BCUT2D eigenvalue weighted by Gasteiger charge is 2.17. The number of halogens is 1. The fraction of sp³-hybridized carbons (Fsp3) is 0.174. The van der Waals surface area contributed by atoms with Crippen LogP contribution in [0.4, 0.5) is 5.69 Å². The van der Waals surface area contributed by atoms with Gasteiger partial charge in [0.25, 0.3) is 5.91 Å². The SMILES string of the molecule is COc1ccccc1NC(=O)c1cc(Cl)c(OCc2ccc(C)cc2)c(OC)c1. The van der Waals surface area contributed by atoms with Crippen molar-refractivity contribution in [1.29, 1.82) is 0 Å². The van der Waals surface area contributed by atoms with Gasteiger partial charge in [0.1, 0.15) is 12.4 Å². The van der Waals surface area contributed by atoms with Crippen molar-refractivity contribution in [3.63, 3.8) is 0 Å². The van der Waals surface area contributed by atoms with Crippen molar-refractivity contribution in [3.8, 4) is 17.2 Å². The van der Waals surface area contributed by atoms with Gasteiger partial charge >= 0.3 is 0 Å². The van der Waals surface area contributed by atoms with Gasteiger partial charge in [-0.15, -0.1) is 0 Å². The average Bonchev–Trinajstić information content (AvgIpc) is 2.73. The largest absolute Gasteiger partial charge is 0.495 e. The van der Waals surface area contributed by atoms with Crippen LogP contribution < -0.4 is 19.5 Å². The summed E-state index contributed by atoms with van der Waals surface area (Å²) in [6, 6.07) is 18.3. The third-order valence-electron chi connectivity index (χ3n) is 4.35. The molecule has 3 aromatic rings. The Labute approximate surface area is 175 Å². The molecular formula is C23H22ClNO4. The predicted octanol–water partition coefficient (Wildman–Crippen LogP) is 5.50. The molecule has 3 aromatic carbocycles. The Balaban J connectivity index is 1.80. The molecule has 0 unspecified atom stereocenters. The van der Waals surface area contributed by atoms with Gasteiger partial charge in [-0.2, -0.15) is 0 Å². The fourth-order valence-corrected chi connectivity index (χ4v) is 3.04. The summed E-state index contributed by atoms with van der Waals surface area (Å²) in [6.07, 6.45) is 0. The first-order chi connectivity index (χ1) is 14.0. The molecule has 0 saturated carbocycles. The second-order valence-corrected chi connectivity index (χ2v) is 6.83. The van der Waals surface area contributed by atoms with Gasteiger partial charge in [0.05, 0.1) is 24.9 Å². The molecule has 0 aliphatic rings. The lowest BCUT2D eigenvalue weighted by Crippen LogP contribution is -2.13. The van der Waals surface area contributed by atoms with Crippen LogP contribution in [0.5, 0.6) is 17.2 Å². The number of carbonyl (C=O) groups excluding carboxylic acids is 1. The first-order valence-corrected chi connectivity index (χ1v) is 9.40. The summed E-state index contributed by atoms with van der Waals surface area (Å²) in [7, 11) is 3.05. The molecule has 0 saturated heterocycles. The number of anilines is 1. The molecule has 0 aromatic heterocycles. The number of nitrogens with one attached hydrogen (secondary N) is 1. The van der Waals surface area contributed by atoms with E-state index in [0.29, 0.717) is 40.1 Å². The monoisotopic (exact) mass is 411 g/mol. The number of benzene rings is 3. The number of hydrogen-bond acceptors (Lipinski definition) is 4. The van der Waals surface area contributed by atoms with Gasteiger partial charge in [0.15, 0.2) is 11.5 Å². The van der Waals surface area contributed by atoms with E-state index < -0.39 is 0 Å². The highest BCUT2D eigenvalue weighted by molar-refractivity contribution is 6.32. The summed E-state index contributed by atoms with van der Waals surface area (Å²) in [4.78, 5) is 12.7. The minimum absolute atomic E-state index is 0.293. The first kappa shape index (κ1) is 20.6. The van der Waals surface area contributed by atoms with Crippen LogP contribution in [-0.4, -0.2) is 20.1 Å². The van der Waals surface area contributed by atoms with Crippen molar-refractivity contribution in [2.45, 2.75) is 13.5 Å². The molecule has 0 atom stereocenters. The standard InChI is InChI=1S/C23H22ClNO4/c1-15-8-10-16(11-9-15)14-29-22-18(24)12-17(13-21(22)28-3)23(26)25-19-6-4-5-7-20(19)27-2/h4-13H,14H2,1-3H3,(H,25,26). The maximum absolute atomic E-state index is 12.7. The molecule has 29 heavy (non-hydrogen) atoms. The van der Waals surface area contributed by atoms with Crippen LogP contribution in [0.1, 0.15) is 21.5 Å². The third kappa shape index (κ3) is 5.00. The van der Waals surface area contributed by atoms with Crippen LogP contribution >= 0.6 is 11.6 Å². The van der Waals surface area contributed by atoms with E-state index >= 15 is 0 Å². The van der Waals surface area contributed by atoms with Crippen molar-refractivity contribution in [3.05, 3.63) is 82.4 Å². The van der Waals surface area contributed by atoms with Crippen LogP contribution in [0, 0.1) is 6.92 Å². The quantitative estimate of drug-likeness (QED) is 0.558. The van der Waals surface area contributed by atoms with E-state index in [1.807, 2.05) is 43.3 Å². The van der Waals surface area contributed by atoms with E-state index in [0.717, 1.165) is 5.56 Å². The van der Waals surface area contributed by atoms with Gasteiger partial charge < -0.3 is 19.5 Å². The van der Waals surface area contributed by atoms with E-state index in [1.165, 1.54) is 12.7 Å². The molecule has 0 spiro atoms. The van der Waals surface area contributed by atoms with Crippen LogP contribution in [0.2, 0.25) is 5.02 Å². The molecule has 0 heterocycles. The zero-order valence-electron chi connectivity index (χ0n) is 16.5. The van der Waals surface area contributed by atoms with E-state index in [1.54, 1.807) is 31.4 Å². The van der Waals surface area contributed by atoms with Crippen molar-refractivity contribution >= 4 is 23.2 Å². The number of rotatable bonds is 7. The fourth-order valence-electron chi connectivity index (χ4n) is 2.77. The van der Waals surface area contributed by atoms with Gasteiger partial charge in [0, 0.05) is 5.56 Å². The molecule has 1 N–H and O–H groups in total. The summed E-state index contributed by atoms with van der Waals surface area (Å²) in [5.41, 5.74) is 3.09. The van der Waals surface area contributed by atoms with Crippen molar-refractivity contribution in [2.75, 3.05) is 19.5 Å². The van der Waals surface area contributed by atoms with Crippen molar-refractivity contribution in [2.24, 2.45) is 0 Å². The first-order valence-electron chi connectivity index (χ1n) is 9.02. The Morgan fingerprint density at radius 2 is 1.66 bits per heavy atom. The summed E-state index contributed by atoms with van der Waals surface area (Å²) < 4.78 is 16.5. The molecular weight excluding hydrogens is 390 g/mol. The minimum atomic E-state index is -0.334. The Kier molecular flexibility index (Phi) is 6.62. The number of amides is 1. The number of hydrogen-bond donors (Lipinski definition) is 1. The van der Waals surface area contributed by atoms with Crippen molar-refractivity contribution in [1.82, 2.24) is 0 Å². The van der Waals surface area contributed by atoms with Gasteiger partial charge in [0.2, 0.25) is 0 Å². The highest BCUT2D eigenvalue weighted by atomic mass is 35.5. The molecule has 0 bridgehead atoms. The zero-order valence-corrected chi connectivity index (χ0v) is 17.2. The highest BCUT2D eigenvalue weighted by Crippen LogP contribution is 2.37. The maximum Gasteiger partial charge on any atom is 0.255 e. The van der Waals surface area contributed by atoms with E-state index in [-0.39, 0.29) is 5.91 Å². The van der Waals surface area contributed by atoms with E-state index in [9.17, 15) is 4.79 Å². The Hall–Kier alpha value is -3.18. The van der Waals surface area contributed by atoms with Crippen molar-refractivity contribution < 1.29 is 19.0 Å². The van der Waals surface area contributed by atoms with Crippen LogP contribution in [0.25, 0.3) is 0 Å². The molecule has 5 nitrogen and oxygen atoms in total. The summed E-state index contributed by atoms with van der Waals surface area (Å²) in [5.74, 6) is 1.01.